The largest absolute Gasteiger partial charge is 0.394 e. The summed E-state index contributed by atoms with van der Waals surface area (Å²) in [6.45, 7) is -0.976. The Morgan fingerprint density at radius 2 is 1.94 bits per heavy atom. The van der Waals surface area contributed by atoms with Gasteiger partial charge in [-0.1, -0.05) is 0 Å². The average Bonchev–Trinajstić information content (AvgIpc) is 2.36. The number of carbonyl (C=O) groups excluding carboxylic acids is 2. The summed E-state index contributed by atoms with van der Waals surface area (Å²) in [5, 5.41) is 41.7. The van der Waals surface area contributed by atoms with E-state index in [1.165, 1.54) is 6.41 Å². The average molecular weight is 263 g/mol. The number of nitrogens with one attached hydrogen (secondary N) is 2. The van der Waals surface area contributed by atoms with Crippen molar-refractivity contribution in [3.8, 4) is 0 Å². The van der Waals surface area contributed by atoms with Gasteiger partial charge in [0.15, 0.2) is 6.29 Å². The molecule has 0 saturated carbocycles. The molecule has 0 bridgehead atoms. The lowest BCUT2D eigenvalue weighted by Crippen LogP contribution is -2.64. The summed E-state index contributed by atoms with van der Waals surface area (Å²) in [5.41, 5.74) is 0. The summed E-state index contributed by atoms with van der Waals surface area (Å²) < 4.78 is 4.82. The second kappa shape index (κ2) is 6.61. The first-order valence-corrected chi connectivity index (χ1v) is 5.21. The molecule has 0 aromatic rings. The fourth-order valence-electron chi connectivity index (χ4n) is 1.61. The summed E-state index contributed by atoms with van der Waals surface area (Å²) in [5.74, 6) is -0.695. The van der Waals surface area contributed by atoms with Crippen molar-refractivity contribution in [3.63, 3.8) is 0 Å². The lowest BCUT2D eigenvalue weighted by Gasteiger charge is -2.40. The maximum Gasteiger partial charge on any atom is 0.309 e. The Labute approximate surface area is 102 Å². The van der Waals surface area contributed by atoms with Gasteiger partial charge in [0.1, 0.15) is 24.4 Å². The Morgan fingerprint density at radius 1 is 1.28 bits per heavy atom. The second-order valence-electron chi connectivity index (χ2n) is 3.78. The van der Waals surface area contributed by atoms with Crippen molar-refractivity contribution in [3.05, 3.63) is 0 Å². The molecule has 1 rings (SSSR count). The molecule has 0 aromatic heterocycles. The fourth-order valence-corrected chi connectivity index (χ4v) is 1.61. The molecule has 9 heteroatoms. The molecule has 5 atom stereocenters. The molecule has 6 N–H and O–H groups in total. The van der Waals surface area contributed by atoms with Crippen LogP contribution in [0.2, 0.25) is 0 Å². The monoisotopic (exact) mass is 263 g/mol. The Bertz CT molecular complexity index is 301. The Kier molecular flexibility index (Phi) is 5.44. The number of ether oxygens (including phenoxy) is 1. The van der Waals surface area contributed by atoms with E-state index < -0.39 is 43.2 Å². The van der Waals surface area contributed by atoms with Crippen molar-refractivity contribution in [2.75, 3.05) is 13.2 Å². The third-order valence-corrected chi connectivity index (χ3v) is 2.55. The van der Waals surface area contributed by atoms with Gasteiger partial charge in [0.25, 0.3) is 0 Å². The predicted octanol–water partition coefficient (Wildman–Crippen LogP) is -4.44. The van der Waals surface area contributed by atoms with Gasteiger partial charge >= 0.3 is 6.41 Å². The van der Waals surface area contributed by atoms with Gasteiger partial charge in [-0.3, -0.25) is 9.59 Å². The van der Waals surface area contributed by atoms with Crippen LogP contribution in [-0.4, -0.2) is 76.5 Å². The summed E-state index contributed by atoms with van der Waals surface area (Å²) in [6, 6.07) is -1.26. The Hall–Kier alpha value is -1.26. The number of carbonyl (C=O) groups is 1. The Morgan fingerprint density at radius 3 is 2.50 bits per heavy atom. The first-order chi connectivity index (χ1) is 8.51. The number of hydrogen-bond donors (Lipinski definition) is 6. The van der Waals surface area contributed by atoms with Gasteiger partial charge < -0.3 is 35.8 Å². The molecule has 1 heterocycles. The molecule has 1 fully saturated rings. The summed E-state index contributed by atoms with van der Waals surface area (Å²) >= 11 is 0. The second-order valence-corrected chi connectivity index (χ2v) is 3.78. The number of hydrogen-bond acceptors (Lipinski definition) is 7. The van der Waals surface area contributed by atoms with E-state index in [4.69, 9.17) is 9.84 Å². The molecule has 103 valence electrons. The van der Waals surface area contributed by atoms with Crippen molar-refractivity contribution < 1.29 is 34.8 Å². The van der Waals surface area contributed by atoms with Crippen molar-refractivity contribution in [2.24, 2.45) is 0 Å². The quantitative estimate of drug-likeness (QED) is 0.274. The van der Waals surface area contributed by atoms with Crippen LogP contribution in [0.5, 0.6) is 0 Å². The number of aliphatic hydroxyl groups is 4. The minimum absolute atomic E-state index is 0.390. The van der Waals surface area contributed by atoms with E-state index in [9.17, 15) is 24.9 Å². The normalized spacial score (nSPS) is 35.9. The highest BCUT2D eigenvalue weighted by Gasteiger charge is 2.44. The molecule has 1 radical (unpaired) electrons. The zero-order valence-corrected chi connectivity index (χ0v) is 9.31. The van der Waals surface area contributed by atoms with Crippen LogP contribution >= 0.6 is 0 Å². The van der Waals surface area contributed by atoms with E-state index in [1.807, 2.05) is 5.32 Å². The molecule has 1 aliphatic heterocycles. The summed E-state index contributed by atoms with van der Waals surface area (Å²) in [4.78, 5) is 21.1. The molecule has 5 unspecified atom stereocenters. The molecule has 1 aliphatic rings. The van der Waals surface area contributed by atoms with Crippen molar-refractivity contribution in [1.82, 2.24) is 10.6 Å². The van der Waals surface area contributed by atoms with E-state index in [0.29, 0.717) is 0 Å². The van der Waals surface area contributed by atoms with Gasteiger partial charge in [-0.05, 0) is 0 Å². The van der Waals surface area contributed by atoms with Crippen molar-refractivity contribution in [1.29, 1.82) is 0 Å². The number of aliphatic hydroxyl groups excluding tert-OH is 4. The molecule has 0 aromatic carbocycles. The highest BCUT2D eigenvalue weighted by molar-refractivity contribution is 5.80. The standard InChI is InChI=1S/C9H15N2O7/c12-2-4-7(15)8(16)6(9(17)18-4)11-5(14)1-10-3-13/h4,6-9,12,15-17H,1-2H2,(H,10,13)(H,11,14). The highest BCUT2D eigenvalue weighted by atomic mass is 16.6. The number of amides is 2. The van der Waals surface area contributed by atoms with Crippen LogP contribution in [0.4, 0.5) is 0 Å². The molecule has 2 amide bonds. The molecule has 1 saturated heterocycles. The zero-order chi connectivity index (χ0) is 13.7. The van der Waals surface area contributed by atoms with Crippen LogP contribution in [0.15, 0.2) is 0 Å². The topological polar surface area (TPSA) is 148 Å². The maximum atomic E-state index is 11.3. The van der Waals surface area contributed by atoms with Crippen LogP contribution in [0.1, 0.15) is 0 Å². The lowest BCUT2D eigenvalue weighted by atomic mass is 9.97. The first-order valence-electron chi connectivity index (χ1n) is 5.21. The van der Waals surface area contributed by atoms with Crippen LogP contribution < -0.4 is 10.6 Å². The van der Waals surface area contributed by atoms with E-state index in [0.717, 1.165) is 0 Å². The molecule has 0 aliphatic carbocycles. The first kappa shape index (κ1) is 14.8. The zero-order valence-electron chi connectivity index (χ0n) is 9.31. The van der Waals surface area contributed by atoms with Gasteiger partial charge in [0, 0.05) is 0 Å². The minimum atomic E-state index is -1.58. The van der Waals surface area contributed by atoms with Gasteiger partial charge in [0.05, 0.1) is 13.2 Å². The van der Waals surface area contributed by atoms with Crippen molar-refractivity contribution >= 4 is 12.3 Å². The van der Waals surface area contributed by atoms with E-state index >= 15 is 0 Å². The molecule has 18 heavy (non-hydrogen) atoms. The smallest absolute Gasteiger partial charge is 0.309 e. The molecule has 0 spiro atoms. The van der Waals surface area contributed by atoms with Crippen molar-refractivity contribution in [2.45, 2.75) is 30.6 Å². The summed E-state index contributed by atoms with van der Waals surface area (Å²) in [7, 11) is 0. The SMILES string of the molecule is O=[C]NCC(=O)NC1C(O)OC(CO)C(O)C1O. The third kappa shape index (κ3) is 3.37. The lowest BCUT2D eigenvalue weighted by molar-refractivity contribution is -0.253. The minimum Gasteiger partial charge on any atom is -0.394 e. The number of rotatable bonds is 5. The van der Waals surface area contributed by atoms with Gasteiger partial charge in [-0.25, -0.2) is 0 Å². The molecular weight excluding hydrogens is 248 g/mol. The third-order valence-electron chi connectivity index (χ3n) is 2.55. The molecule has 9 nitrogen and oxygen atoms in total. The van der Waals surface area contributed by atoms with Crippen LogP contribution in [0, 0.1) is 0 Å². The van der Waals surface area contributed by atoms with E-state index in [2.05, 4.69) is 5.32 Å². The van der Waals surface area contributed by atoms with E-state index in [1.54, 1.807) is 0 Å². The fraction of sp³-hybridized carbons (Fsp3) is 0.778. The van der Waals surface area contributed by atoms with Crippen LogP contribution in [0.3, 0.4) is 0 Å². The molecular formula is C9H15N2O7. The highest BCUT2D eigenvalue weighted by Crippen LogP contribution is 2.19. The maximum absolute atomic E-state index is 11.3. The van der Waals surface area contributed by atoms with Gasteiger partial charge in [-0.15, -0.1) is 0 Å². The van der Waals surface area contributed by atoms with E-state index in [-0.39, 0.29) is 6.54 Å². The summed E-state index contributed by atoms with van der Waals surface area (Å²) in [6.07, 6.45) is -4.38. The van der Waals surface area contributed by atoms with Gasteiger partial charge in [-0.2, -0.15) is 0 Å². The predicted molar refractivity (Wildman–Crippen MR) is 55.6 cm³/mol. The van der Waals surface area contributed by atoms with Crippen LogP contribution in [-0.2, 0) is 14.3 Å². The van der Waals surface area contributed by atoms with Crippen LogP contribution in [0.25, 0.3) is 0 Å². The Balaban J connectivity index is 2.59. The van der Waals surface area contributed by atoms with Gasteiger partial charge in [0.2, 0.25) is 5.91 Å².